The number of nitriles is 1. The second-order valence-electron chi connectivity index (χ2n) is 2.06. The molecule has 0 heterocycles. The van der Waals surface area contributed by atoms with Crippen LogP contribution in [0.15, 0.2) is 18.2 Å². The summed E-state index contributed by atoms with van der Waals surface area (Å²) in [6.07, 6.45) is 0. The van der Waals surface area contributed by atoms with Gasteiger partial charge >= 0.3 is 0 Å². The number of rotatable bonds is 1. The summed E-state index contributed by atoms with van der Waals surface area (Å²) >= 11 is 0. The Kier molecular flexibility index (Phi) is 2.19. The molecular weight excluding hydrogens is 145 g/mol. The quantitative estimate of drug-likeness (QED) is 0.599. The molecule has 0 aromatic heterocycles. The van der Waals surface area contributed by atoms with Crippen LogP contribution >= 0.6 is 0 Å². The number of benzene rings is 1. The number of hydrogen-bond donors (Lipinski definition) is 0. The van der Waals surface area contributed by atoms with Crippen molar-refractivity contribution in [1.29, 1.82) is 5.26 Å². The van der Waals surface area contributed by atoms with E-state index in [0.29, 0.717) is 5.56 Å². The highest BCUT2D eigenvalue weighted by molar-refractivity contribution is 5.33. The second kappa shape index (κ2) is 3.13. The maximum atomic E-state index is 12.6. The standard InChI is InChI=1S/C8H5FNO/c9-8-2-1-6(4-10)3-7(8)5-11/h1-3H,5H2. The summed E-state index contributed by atoms with van der Waals surface area (Å²) in [6.45, 7) is -0.624. The van der Waals surface area contributed by atoms with E-state index in [4.69, 9.17) is 5.26 Å². The topological polar surface area (TPSA) is 43.7 Å². The minimum Gasteiger partial charge on any atom is -0.231 e. The van der Waals surface area contributed by atoms with Crippen LogP contribution in [0.4, 0.5) is 4.39 Å². The molecule has 0 atom stereocenters. The Bertz CT molecular complexity index is 303. The van der Waals surface area contributed by atoms with Gasteiger partial charge in [-0.2, -0.15) is 5.26 Å². The van der Waals surface area contributed by atoms with Gasteiger partial charge in [0.2, 0.25) is 0 Å². The van der Waals surface area contributed by atoms with E-state index >= 15 is 0 Å². The maximum absolute atomic E-state index is 12.6. The van der Waals surface area contributed by atoms with Crippen LogP contribution in [0.5, 0.6) is 0 Å². The third-order valence-electron chi connectivity index (χ3n) is 1.33. The normalized spacial score (nSPS) is 9.18. The molecule has 0 saturated heterocycles. The van der Waals surface area contributed by atoms with E-state index < -0.39 is 12.4 Å². The molecule has 0 aliphatic heterocycles. The molecular formula is C8H5FNO. The van der Waals surface area contributed by atoms with E-state index in [1.165, 1.54) is 12.1 Å². The van der Waals surface area contributed by atoms with Gasteiger partial charge in [-0.05, 0) is 18.2 Å². The zero-order valence-corrected chi connectivity index (χ0v) is 5.67. The van der Waals surface area contributed by atoms with Gasteiger partial charge in [-0.1, -0.05) is 0 Å². The predicted molar refractivity (Wildman–Crippen MR) is 35.5 cm³/mol. The summed E-state index contributed by atoms with van der Waals surface area (Å²) in [4.78, 5) is 0. The van der Waals surface area contributed by atoms with Crippen molar-refractivity contribution < 1.29 is 9.50 Å². The summed E-state index contributed by atoms with van der Waals surface area (Å²) in [6, 6.07) is 5.56. The average molecular weight is 150 g/mol. The fraction of sp³-hybridized carbons (Fsp3) is 0.125. The third-order valence-corrected chi connectivity index (χ3v) is 1.33. The largest absolute Gasteiger partial charge is 0.231 e. The summed E-state index contributed by atoms with van der Waals surface area (Å²) in [5.74, 6) is -0.543. The molecule has 55 valence electrons. The van der Waals surface area contributed by atoms with Crippen molar-refractivity contribution in [3.05, 3.63) is 35.1 Å². The Hall–Kier alpha value is -1.40. The lowest BCUT2D eigenvalue weighted by Crippen LogP contribution is -1.89. The molecule has 0 bridgehead atoms. The summed E-state index contributed by atoms with van der Waals surface area (Å²) in [5.41, 5.74) is 0.362. The molecule has 1 aromatic rings. The number of hydrogen-bond acceptors (Lipinski definition) is 1. The number of nitrogens with zero attached hydrogens (tertiary/aromatic N) is 1. The first-order chi connectivity index (χ1) is 5.27. The first-order valence-corrected chi connectivity index (χ1v) is 3.04. The molecule has 0 saturated carbocycles. The lowest BCUT2D eigenvalue weighted by Gasteiger charge is -1.96. The van der Waals surface area contributed by atoms with E-state index in [0.717, 1.165) is 6.07 Å². The first-order valence-electron chi connectivity index (χ1n) is 3.04. The molecule has 1 radical (unpaired) electrons. The van der Waals surface area contributed by atoms with Gasteiger partial charge in [-0.15, -0.1) is 0 Å². The van der Waals surface area contributed by atoms with E-state index in [2.05, 4.69) is 0 Å². The predicted octanol–water partition coefficient (Wildman–Crippen LogP) is 1.63. The summed E-state index contributed by atoms with van der Waals surface area (Å²) < 4.78 is 12.6. The van der Waals surface area contributed by atoms with Crippen molar-refractivity contribution in [3.63, 3.8) is 0 Å². The van der Waals surface area contributed by atoms with E-state index in [9.17, 15) is 9.50 Å². The summed E-state index contributed by atoms with van der Waals surface area (Å²) in [5, 5.41) is 18.6. The van der Waals surface area contributed by atoms with Gasteiger partial charge in [0.15, 0.2) is 0 Å². The van der Waals surface area contributed by atoms with E-state index in [-0.39, 0.29) is 5.56 Å². The molecule has 1 rings (SSSR count). The molecule has 0 aliphatic carbocycles. The lowest BCUT2D eigenvalue weighted by molar-refractivity contribution is 0.174. The molecule has 0 spiro atoms. The van der Waals surface area contributed by atoms with Crippen LogP contribution in [0.2, 0.25) is 0 Å². The van der Waals surface area contributed by atoms with Crippen molar-refractivity contribution in [3.8, 4) is 6.07 Å². The van der Waals surface area contributed by atoms with E-state index in [1.54, 1.807) is 0 Å². The van der Waals surface area contributed by atoms with Crippen molar-refractivity contribution in [2.75, 3.05) is 0 Å². The van der Waals surface area contributed by atoms with Gasteiger partial charge in [0.05, 0.1) is 11.6 Å². The molecule has 11 heavy (non-hydrogen) atoms. The molecule has 0 amide bonds. The van der Waals surface area contributed by atoms with Gasteiger partial charge in [0.25, 0.3) is 0 Å². The summed E-state index contributed by atoms with van der Waals surface area (Å²) in [7, 11) is 0. The minimum atomic E-state index is -0.624. The molecule has 0 N–H and O–H groups in total. The SMILES string of the molecule is N#Cc1ccc(F)c(C[O])c1. The van der Waals surface area contributed by atoms with Crippen LogP contribution in [0.25, 0.3) is 0 Å². The van der Waals surface area contributed by atoms with Crippen molar-refractivity contribution in [2.45, 2.75) is 6.61 Å². The van der Waals surface area contributed by atoms with Crippen LogP contribution in [-0.4, -0.2) is 0 Å². The highest BCUT2D eigenvalue weighted by atomic mass is 19.1. The monoisotopic (exact) mass is 150 g/mol. The van der Waals surface area contributed by atoms with Crippen molar-refractivity contribution in [1.82, 2.24) is 0 Å². The Labute approximate surface area is 63.5 Å². The van der Waals surface area contributed by atoms with Crippen LogP contribution in [-0.2, 0) is 11.7 Å². The fourth-order valence-electron chi connectivity index (χ4n) is 0.755. The first kappa shape index (κ1) is 7.70. The highest BCUT2D eigenvalue weighted by Gasteiger charge is 2.01. The molecule has 3 heteroatoms. The zero-order chi connectivity index (χ0) is 8.27. The van der Waals surface area contributed by atoms with E-state index in [1.807, 2.05) is 6.07 Å². The van der Waals surface area contributed by atoms with Gasteiger partial charge in [-0.3, -0.25) is 0 Å². The Balaban J connectivity index is 3.15. The number of halogens is 1. The van der Waals surface area contributed by atoms with Crippen LogP contribution in [0.1, 0.15) is 11.1 Å². The smallest absolute Gasteiger partial charge is 0.128 e. The Morgan fingerprint density at radius 2 is 2.27 bits per heavy atom. The van der Waals surface area contributed by atoms with Crippen molar-refractivity contribution >= 4 is 0 Å². The maximum Gasteiger partial charge on any atom is 0.128 e. The average Bonchev–Trinajstić information content (AvgIpc) is 2.05. The third kappa shape index (κ3) is 1.54. The highest BCUT2D eigenvalue weighted by Crippen LogP contribution is 2.09. The van der Waals surface area contributed by atoms with Crippen LogP contribution in [0.3, 0.4) is 0 Å². The van der Waals surface area contributed by atoms with Crippen molar-refractivity contribution in [2.24, 2.45) is 0 Å². The fourth-order valence-corrected chi connectivity index (χ4v) is 0.755. The van der Waals surface area contributed by atoms with Gasteiger partial charge in [0, 0.05) is 5.56 Å². The molecule has 0 fully saturated rings. The second-order valence-corrected chi connectivity index (χ2v) is 2.06. The Morgan fingerprint density at radius 1 is 1.55 bits per heavy atom. The lowest BCUT2D eigenvalue weighted by atomic mass is 10.1. The zero-order valence-electron chi connectivity index (χ0n) is 5.67. The molecule has 1 aromatic carbocycles. The molecule has 2 nitrogen and oxygen atoms in total. The molecule has 0 unspecified atom stereocenters. The van der Waals surface area contributed by atoms with Crippen LogP contribution in [0, 0.1) is 17.1 Å². The Morgan fingerprint density at radius 3 is 2.82 bits per heavy atom. The minimum absolute atomic E-state index is 0.0454. The molecule has 0 aliphatic rings. The van der Waals surface area contributed by atoms with Gasteiger partial charge in [-0.25, -0.2) is 9.50 Å². The van der Waals surface area contributed by atoms with Gasteiger partial charge < -0.3 is 0 Å². The van der Waals surface area contributed by atoms with Gasteiger partial charge in [0.1, 0.15) is 12.4 Å². The van der Waals surface area contributed by atoms with Crippen LogP contribution < -0.4 is 0 Å².